The number of rotatable bonds is 8. The minimum absolute atomic E-state index is 0.222. The molecule has 1 aromatic rings. The summed E-state index contributed by atoms with van der Waals surface area (Å²) >= 11 is 0. The van der Waals surface area contributed by atoms with Crippen molar-refractivity contribution in [1.29, 1.82) is 0 Å². The fourth-order valence-electron chi connectivity index (χ4n) is 3.94. The zero-order valence-corrected chi connectivity index (χ0v) is 14.1. The maximum Gasteiger partial charge on any atom is 0.220 e. The predicted molar refractivity (Wildman–Crippen MR) is 90.4 cm³/mol. The lowest BCUT2D eigenvalue weighted by atomic mass is 10.0. The molecule has 3 aliphatic carbocycles. The first-order valence-electron chi connectivity index (χ1n) is 9.64. The number of carbonyl (C=O) groups excluding carboxylic acids is 1. The summed E-state index contributed by atoms with van der Waals surface area (Å²) in [6, 6.07) is 2.33. The Kier molecular flexibility index (Phi) is 4.41. The van der Waals surface area contributed by atoms with Crippen LogP contribution >= 0.6 is 0 Å². The number of carbonyl (C=O) groups is 1. The van der Waals surface area contributed by atoms with E-state index in [2.05, 4.69) is 16.1 Å². The van der Waals surface area contributed by atoms with Gasteiger partial charge in [-0.05, 0) is 44.1 Å². The zero-order valence-electron chi connectivity index (χ0n) is 14.1. The van der Waals surface area contributed by atoms with Gasteiger partial charge in [-0.15, -0.1) is 0 Å². The molecule has 0 radical (unpaired) electrons. The number of hydrogen-bond acceptors (Lipinski definition) is 2. The van der Waals surface area contributed by atoms with Crippen LogP contribution in [-0.2, 0) is 11.3 Å². The highest BCUT2D eigenvalue weighted by Gasteiger charge is 2.32. The highest BCUT2D eigenvalue weighted by molar-refractivity contribution is 5.75. The van der Waals surface area contributed by atoms with Gasteiger partial charge in [-0.3, -0.25) is 9.48 Å². The van der Waals surface area contributed by atoms with Gasteiger partial charge in [0.05, 0.1) is 12.2 Å². The van der Waals surface area contributed by atoms with E-state index in [1.807, 2.05) is 0 Å². The van der Waals surface area contributed by atoms with Gasteiger partial charge in [-0.25, -0.2) is 0 Å². The van der Waals surface area contributed by atoms with E-state index in [4.69, 9.17) is 5.10 Å². The summed E-state index contributed by atoms with van der Waals surface area (Å²) in [5.41, 5.74) is 2.70. The number of aromatic nitrogens is 2. The maximum absolute atomic E-state index is 12.0. The summed E-state index contributed by atoms with van der Waals surface area (Å²) in [4.78, 5) is 12.0. The molecule has 23 heavy (non-hydrogen) atoms. The second-order valence-electron chi connectivity index (χ2n) is 7.80. The Morgan fingerprint density at radius 1 is 1.13 bits per heavy atom. The highest BCUT2D eigenvalue weighted by Crippen LogP contribution is 2.44. The standard InChI is InChI=1S/C19H29N3O/c23-19(10-5-14-3-1-2-4-14)20-11-12-22-18(16-8-9-16)13-17(21-22)15-6-7-15/h13-16H,1-12H2,(H,20,23). The molecule has 1 heterocycles. The van der Waals surface area contributed by atoms with Crippen LogP contribution < -0.4 is 5.32 Å². The zero-order chi connectivity index (χ0) is 15.6. The number of nitrogens with one attached hydrogen (secondary N) is 1. The second kappa shape index (κ2) is 6.66. The number of hydrogen-bond donors (Lipinski definition) is 1. The van der Waals surface area contributed by atoms with Crippen LogP contribution in [0.1, 0.15) is 87.4 Å². The summed E-state index contributed by atoms with van der Waals surface area (Å²) in [7, 11) is 0. The van der Waals surface area contributed by atoms with Crippen molar-refractivity contribution in [3.05, 3.63) is 17.5 Å². The molecule has 3 saturated carbocycles. The maximum atomic E-state index is 12.0. The van der Waals surface area contributed by atoms with Gasteiger partial charge < -0.3 is 5.32 Å². The fraction of sp³-hybridized carbons (Fsp3) is 0.789. The van der Waals surface area contributed by atoms with Gasteiger partial charge in [0, 0.05) is 30.5 Å². The topological polar surface area (TPSA) is 46.9 Å². The Morgan fingerprint density at radius 2 is 1.87 bits per heavy atom. The first-order chi connectivity index (χ1) is 11.3. The second-order valence-corrected chi connectivity index (χ2v) is 7.80. The van der Waals surface area contributed by atoms with Crippen LogP contribution in [0.3, 0.4) is 0 Å². The van der Waals surface area contributed by atoms with Crippen LogP contribution in [-0.4, -0.2) is 22.2 Å². The Bertz CT molecular complexity index is 551. The van der Waals surface area contributed by atoms with Gasteiger partial charge in [0.1, 0.15) is 0 Å². The minimum atomic E-state index is 0.222. The average Bonchev–Trinajstić information content (AvgIpc) is 3.48. The summed E-state index contributed by atoms with van der Waals surface area (Å²) < 4.78 is 2.17. The molecular formula is C19H29N3O. The molecule has 1 aromatic heterocycles. The van der Waals surface area contributed by atoms with Gasteiger partial charge in [0.2, 0.25) is 5.91 Å². The summed E-state index contributed by atoms with van der Waals surface area (Å²) in [6.07, 6.45) is 12.4. The average molecular weight is 315 g/mol. The molecule has 0 unspecified atom stereocenters. The fourth-order valence-corrected chi connectivity index (χ4v) is 3.94. The van der Waals surface area contributed by atoms with Crippen molar-refractivity contribution < 1.29 is 4.79 Å². The quantitative estimate of drug-likeness (QED) is 0.794. The smallest absolute Gasteiger partial charge is 0.220 e. The van der Waals surface area contributed by atoms with Crippen molar-refractivity contribution in [2.45, 2.75) is 82.6 Å². The van der Waals surface area contributed by atoms with Crippen molar-refractivity contribution in [3.8, 4) is 0 Å². The molecule has 0 atom stereocenters. The molecule has 1 amide bonds. The molecule has 3 aliphatic rings. The van der Waals surface area contributed by atoms with E-state index in [0.29, 0.717) is 6.42 Å². The SMILES string of the molecule is O=C(CCC1CCCC1)NCCn1nc(C2CC2)cc1C1CC1. The molecule has 0 saturated heterocycles. The molecule has 0 spiro atoms. The first-order valence-corrected chi connectivity index (χ1v) is 9.64. The Morgan fingerprint density at radius 3 is 2.57 bits per heavy atom. The molecule has 4 rings (SSSR count). The largest absolute Gasteiger partial charge is 0.354 e. The minimum Gasteiger partial charge on any atom is -0.354 e. The third-order valence-corrected chi connectivity index (χ3v) is 5.72. The number of amides is 1. The van der Waals surface area contributed by atoms with Crippen LogP contribution in [0.2, 0.25) is 0 Å². The molecule has 4 nitrogen and oxygen atoms in total. The molecule has 0 aromatic carbocycles. The predicted octanol–water partition coefficient (Wildman–Crippen LogP) is 3.72. The molecule has 0 aliphatic heterocycles. The van der Waals surface area contributed by atoms with Crippen LogP contribution in [0.15, 0.2) is 6.07 Å². The van der Waals surface area contributed by atoms with E-state index in [0.717, 1.165) is 37.3 Å². The molecule has 1 N–H and O–H groups in total. The van der Waals surface area contributed by atoms with Gasteiger partial charge in [0.15, 0.2) is 0 Å². The third kappa shape index (κ3) is 3.96. The lowest BCUT2D eigenvalue weighted by Crippen LogP contribution is -2.28. The van der Waals surface area contributed by atoms with Crippen molar-refractivity contribution in [2.24, 2.45) is 5.92 Å². The summed E-state index contributed by atoms with van der Waals surface area (Å²) in [6.45, 7) is 1.54. The lowest BCUT2D eigenvalue weighted by Gasteiger charge is -2.10. The molecule has 126 valence electrons. The van der Waals surface area contributed by atoms with Crippen LogP contribution in [0.4, 0.5) is 0 Å². The molecule has 3 fully saturated rings. The lowest BCUT2D eigenvalue weighted by molar-refractivity contribution is -0.121. The van der Waals surface area contributed by atoms with Gasteiger partial charge >= 0.3 is 0 Å². The van der Waals surface area contributed by atoms with E-state index < -0.39 is 0 Å². The number of nitrogens with zero attached hydrogens (tertiary/aromatic N) is 2. The normalized spacial score (nSPS) is 21.7. The summed E-state index contributed by atoms with van der Waals surface area (Å²) in [5.74, 6) is 2.47. The Balaban J connectivity index is 1.23. The van der Waals surface area contributed by atoms with Gasteiger partial charge in [-0.1, -0.05) is 25.7 Å². The van der Waals surface area contributed by atoms with E-state index in [1.165, 1.54) is 62.8 Å². The Hall–Kier alpha value is -1.32. The molecular weight excluding hydrogens is 286 g/mol. The molecule has 0 bridgehead atoms. The van der Waals surface area contributed by atoms with Crippen molar-refractivity contribution >= 4 is 5.91 Å². The van der Waals surface area contributed by atoms with E-state index in [-0.39, 0.29) is 5.91 Å². The van der Waals surface area contributed by atoms with Crippen LogP contribution in [0.25, 0.3) is 0 Å². The van der Waals surface area contributed by atoms with Crippen molar-refractivity contribution in [2.75, 3.05) is 6.54 Å². The van der Waals surface area contributed by atoms with Crippen LogP contribution in [0, 0.1) is 5.92 Å². The van der Waals surface area contributed by atoms with E-state index >= 15 is 0 Å². The monoisotopic (exact) mass is 315 g/mol. The van der Waals surface area contributed by atoms with E-state index in [1.54, 1.807) is 0 Å². The first kappa shape index (κ1) is 15.2. The van der Waals surface area contributed by atoms with Crippen molar-refractivity contribution in [3.63, 3.8) is 0 Å². The van der Waals surface area contributed by atoms with Gasteiger partial charge in [0.25, 0.3) is 0 Å². The summed E-state index contributed by atoms with van der Waals surface area (Å²) in [5, 5.41) is 7.90. The van der Waals surface area contributed by atoms with Crippen LogP contribution in [0.5, 0.6) is 0 Å². The highest BCUT2D eigenvalue weighted by atomic mass is 16.1. The molecule has 4 heteroatoms. The van der Waals surface area contributed by atoms with Gasteiger partial charge in [-0.2, -0.15) is 5.10 Å². The third-order valence-electron chi connectivity index (χ3n) is 5.72. The Labute approximate surface area is 139 Å². The van der Waals surface area contributed by atoms with E-state index in [9.17, 15) is 4.79 Å². The van der Waals surface area contributed by atoms with Crippen molar-refractivity contribution in [1.82, 2.24) is 15.1 Å².